The number of fused-ring (bicyclic) bond motifs is 1. The lowest BCUT2D eigenvalue weighted by molar-refractivity contribution is 0.729. The Morgan fingerprint density at radius 2 is 1.78 bits per heavy atom. The van der Waals surface area contributed by atoms with Crippen molar-refractivity contribution >= 4 is 16.3 Å². The highest BCUT2D eigenvalue weighted by Gasteiger charge is 2.01. The zero-order valence-corrected chi connectivity index (χ0v) is 11.4. The lowest BCUT2D eigenvalue weighted by Gasteiger charge is -2.07. The quantitative estimate of drug-likeness (QED) is 0.575. The van der Waals surface area contributed by atoms with Crippen molar-refractivity contribution in [3.05, 3.63) is 54.1 Å². The summed E-state index contributed by atoms with van der Waals surface area (Å²) in [5, 5.41) is 2.69. The van der Waals surface area contributed by atoms with Gasteiger partial charge in [-0.05, 0) is 41.7 Å². The molecule has 0 fully saturated rings. The second kappa shape index (κ2) is 6.39. The summed E-state index contributed by atoms with van der Waals surface area (Å²) in [4.78, 5) is 0. The van der Waals surface area contributed by atoms with E-state index >= 15 is 0 Å². The molecule has 0 nitrogen and oxygen atoms in total. The maximum absolute atomic E-state index is 2.39. The molecule has 94 valence electrons. The van der Waals surface area contributed by atoms with Crippen LogP contribution in [0.25, 0.3) is 16.3 Å². The van der Waals surface area contributed by atoms with Crippen molar-refractivity contribution in [3.8, 4) is 0 Å². The summed E-state index contributed by atoms with van der Waals surface area (Å²) in [7, 11) is 0. The molecule has 0 heteroatoms. The summed E-state index contributed by atoms with van der Waals surface area (Å²) >= 11 is 0. The first kappa shape index (κ1) is 12.9. The molecule has 0 aromatic heterocycles. The van der Waals surface area contributed by atoms with Gasteiger partial charge in [0.2, 0.25) is 0 Å². The topological polar surface area (TPSA) is 0 Å². The van der Waals surface area contributed by atoms with Crippen LogP contribution in [0.15, 0.2) is 48.5 Å². The molecule has 0 aliphatic rings. The van der Waals surface area contributed by atoms with Crippen LogP contribution in [0.2, 0.25) is 0 Å². The van der Waals surface area contributed by atoms with E-state index in [0.29, 0.717) is 0 Å². The Balaban J connectivity index is 2.24. The minimum absolute atomic E-state index is 1.20. The molecule has 0 heterocycles. The molecule has 0 aliphatic carbocycles. The summed E-state index contributed by atoms with van der Waals surface area (Å²) in [5.41, 5.74) is 2.78. The predicted molar refractivity (Wildman–Crippen MR) is 81.7 cm³/mol. The van der Waals surface area contributed by atoms with Gasteiger partial charge in [0, 0.05) is 0 Å². The van der Waals surface area contributed by atoms with Gasteiger partial charge in [-0.2, -0.15) is 0 Å². The van der Waals surface area contributed by atoms with Gasteiger partial charge in [0.1, 0.15) is 0 Å². The number of benzene rings is 2. The fraction of sp³-hybridized carbons (Fsp3) is 0.333. The molecule has 0 atom stereocenters. The highest BCUT2D eigenvalue weighted by atomic mass is 14.1. The molecule has 18 heavy (non-hydrogen) atoms. The maximum atomic E-state index is 2.39. The fourth-order valence-corrected chi connectivity index (χ4v) is 2.39. The second-order valence-corrected chi connectivity index (χ2v) is 4.91. The van der Waals surface area contributed by atoms with E-state index in [1.54, 1.807) is 0 Å². The number of allylic oxidation sites excluding steroid dienone is 2. The van der Waals surface area contributed by atoms with Gasteiger partial charge in [-0.15, -0.1) is 0 Å². The van der Waals surface area contributed by atoms with E-state index < -0.39 is 0 Å². The van der Waals surface area contributed by atoms with Crippen LogP contribution in [-0.2, 0) is 0 Å². The van der Waals surface area contributed by atoms with Crippen molar-refractivity contribution in [3.63, 3.8) is 0 Å². The van der Waals surface area contributed by atoms with E-state index in [1.165, 1.54) is 47.6 Å². The van der Waals surface area contributed by atoms with Gasteiger partial charge in [-0.25, -0.2) is 0 Å². The third kappa shape index (κ3) is 3.01. The van der Waals surface area contributed by atoms with Crippen molar-refractivity contribution in [1.29, 1.82) is 0 Å². The van der Waals surface area contributed by atoms with E-state index in [4.69, 9.17) is 0 Å². The van der Waals surface area contributed by atoms with Crippen molar-refractivity contribution in [2.75, 3.05) is 0 Å². The number of hydrogen-bond donors (Lipinski definition) is 0. The van der Waals surface area contributed by atoms with Crippen molar-refractivity contribution in [2.45, 2.75) is 39.5 Å². The molecule has 0 spiro atoms. The summed E-state index contributed by atoms with van der Waals surface area (Å²) in [6.07, 6.45) is 7.51. The van der Waals surface area contributed by atoms with E-state index in [-0.39, 0.29) is 0 Å². The van der Waals surface area contributed by atoms with Crippen molar-refractivity contribution in [1.82, 2.24) is 0 Å². The number of unbranched alkanes of at least 4 members (excludes halogenated alkanes) is 3. The largest absolute Gasteiger partial charge is 0.0810 e. The zero-order chi connectivity index (χ0) is 12.8. The third-order valence-electron chi connectivity index (χ3n) is 3.47. The average molecular weight is 238 g/mol. The highest BCUT2D eigenvalue weighted by molar-refractivity contribution is 5.93. The second-order valence-electron chi connectivity index (χ2n) is 4.91. The normalized spacial score (nSPS) is 12.0. The van der Waals surface area contributed by atoms with Gasteiger partial charge in [-0.1, -0.05) is 68.3 Å². The molecule has 0 aliphatic heterocycles. The molecule has 2 rings (SSSR count). The maximum Gasteiger partial charge on any atom is -0.0109 e. The summed E-state index contributed by atoms with van der Waals surface area (Å²) in [5.74, 6) is 0. The Morgan fingerprint density at radius 1 is 1.00 bits per heavy atom. The molecule has 0 N–H and O–H groups in total. The first-order chi connectivity index (χ1) is 8.83. The van der Waals surface area contributed by atoms with Crippen LogP contribution in [0.4, 0.5) is 0 Å². The minimum Gasteiger partial charge on any atom is -0.0810 e. The lowest BCUT2D eigenvalue weighted by Crippen LogP contribution is -1.83. The summed E-state index contributed by atoms with van der Waals surface area (Å²) in [6, 6.07) is 15.2. The predicted octanol–water partition coefficient (Wildman–Crippen LogP) is 5.82. The van der Waals surface area contributed by atoms with Crippen LogP contribution in [0.3, 0.4) is 0 Å². The fourth-order valence-electron chi connectivity index (χ4n) is 2.39. The van der Waals surface area contributed by atoms with Gasteiger partial charge < -0.3 is 0 Å². The van der Waals surface area contributed by atoms with Gasteiger partial charge in [0.15, 0.2) is 0 Å². The Labute approximate surface area is 110 Å². The summed E-state index contributed by atoms with van der Waals surface area (Å²) < 4.78 is 0. The van der Waals surface area contributed by atoms with Gasteiger partial charge in [0.25, 0.3) is 0 Å². The van der Waals surface area contributed by atoms with Gasteiger partial charge in [-0.3, -0.25) is 0 Å². The first-order valence-electron chi connectivity index (χ1n) is 6.98. The minimum atomic E-state index is 1.20. The smallest absolute Gasteiger partial charge is 0.0109 e. The van der Waals surface area contributed by atoms with Gasteiger partial charge in [0.05, 0.1) is 0 Å². The molecule has 0 bridgehead atoms. The Kier molecular flexibility index (Phi) is 4.58. The number of hydrogen-bond acceptors (Lipinski definition) is 0. The summed E-state index contributed by atoms with van der Waals surface area (Å²) in [6.45, 7) is 4.48. The van der Waals surface area contributed by atoms with Crippen LogP contribution in [0.1, 0.15) is 45.1 Å². The van der Waals surface area contributed by atoms with E-state index in [9.17, 15) is 0 Å². The molecule has 2 aromatic carbocycles. The van der Waals surface area contributed by atoms with Crippen molar-refractivity contribution < 1.29 is 0 Å². The molecular formula is C18H22. The standard InChI is InChI=1S/C18H22/c1-3-4-5-6-10-15(2)17-14-9-12-16-11-7-8-13-18(16)17/h7-14H,3-6H2,1-2H3. The van der Waals surface area contributed by atoms with Crippen LogP contribution in [0, 0.1) is 0 Å². The van der Waals surface area contributed by atoms with Crippen molar-refractivity contribution in [2.24, 2.45) is 0 Å². The number of rotatable bonds is 5. The van der Waals surface area contributed by atoms with E-state index in [2.05, 4.69) is 62.4 Å². The van der Waals surface area contributed by atoms with E-state index in [1.807, 2.05) is 0 Å². The third-order valence-corrected chi connectivity index (χ3v) is 3.47. The Bertz CT molecular complexity index is 529. The monoisotopic (exact) mass is 238 g/mol. The molecule has 2 aromatic rings. The van der Waals surface area contributed by atoms with Crippen LogP contribution >= 0.6 is 0 Å². The molecule has 0 unspecified atom stereocenters. The molecule has 0 radical (unpaired) electrons. The van der Waals surface area contributed by atoms with Crippen LogP contribution in [-0.4, -0.2) is 0 Å². The molecule has 0 saturated heterocycles. The molecular weight excluding hydrogens is 216 g/mol. The van der Waals surface area contributed by atoms with Crippen LogP contribution < -0.4 is 0 Å². The Morgan fingerprint density at radius 3 is 2.61 bits per heavy atom. The zero-order valence-electron chi connectivity index (χ0n) is 11.4. The van der Waals surface area contributed by atoms with Crippen LogP contribution in [0.5, 0.6) is 0 Å². The SMILES string of the molecule is CCCCCC=C(C)c1cccc2ccccc12. The highest BCUT2D eigenvalue weighted by Crippen LogP contribution is 2.25. The lowest BCUT2D eigenvalue weighted by atomic mass is 9.98. The molecule has 0 amide bonds. The average Bonchev–Trinajstić information content (AvgIpc) is 2.43. The van der Waals surface area contributed by atoms with E-state index in [0.717, 1.165) is 0 Å². The Hall–Kier alpha value is -1.56. The first-order valence-corrected chi connectivity index (χ1v) is 6.98. The van der Waals surface area contributed by atoms with Gasteiger partial charge >= 0.3 is 0 Å². The molecule has 0 saturated carbocycles.